The summed E-state index contributed by atoms with van der Waals surface area (Å²) < 4.78 is 0. The van der Waals surface area contributed by atoms with E-state index in [9.17, 15) is 9.59 Å². The maximum absolute atomic E-state index is 12.6. The van der Waals surface area contributed by atoms with E-state index in [-0.39, 0.29) is 17.2 Å². The van der Waals surface area contributed by atoms with Crippen LogP contribution in [0.25, 0.3) is 0 Å². The Balaban J connectivity index is 1.81. The average Bonchev–Trinajstić information content (AvgIpc) is 2.74. The maximum Gasteiger partial charge on any atom is 0.225 e. The molecule has 0 radical (unpaired) electrons. The number of piperidine rings is 1. The first kappa shape index (κ1) is 17.3. The Morgan fingerprint density at radius 1 is 0.864 bits per heavy atom. The lowest BCUT2D eigenvalue weighted by molar-refractivity contribution is -0.141. The molecule has 2 saturated heterocycles. The Morgan fingerprint density at radius 2 is 1.41 bits per heavy atom. The first-order valence-corrected chi connectivity index (χ1v) is 8.93. The molecule has 126 valence electrons. The molecule has 0 N–H and O–H groups in total. The third kappa shape index (κ3) is 4.99. The van der Waals surface area contributed by atoms with Crippen LogP contribution in [0.15, 0.2) is 0 Å². The van der Waals surface area contributed by atoms with Gasteiger partial charge < -0.3 is 9.80 Å². The van der Waals surface area contributed by atoms with E-state index in [1.807, 2.05) is 4.90 Å². The Labute approximate surface area is 135 Å². The van der Waals surface area contributed by atoms with Gasteiger partial charge in [0.15, 0.2) is 0 Å². The van der Waals surface area contributed by atoms with Gasteiger partial charge in [0.2, 0.25) is 11.8 Å². The summed E-state index contributed by atoms with van der Waals surface area (Å²) in [4.78, 5) is 28.9. The quantitative estimate of drug-likeness (QED) is 0.786. The smallest absolute Gasteiger partial charge is 0.225 e. The van der Waals surface area contributed by atoms with Gasteiger partial charge in [0.25, 0.3) is 0 Å². The molecule has 22 heavy (non-hydrogen) atoms. The molecule has 0 unspecified atom stereocenters. The highest BCUT2D eigenvalue weighted by atomic mass is 16.2. The number of hydrogen-bond acceptors (Lipinski definition) is 2. The normalized spacial score (nSPS) is 21.6. The molecule has 4 nitrogen and oxygen atoms in total. The highest BCUT2D eigenvalue weighted by molar-refractivity contribution is 5.80. The van der Waals surface area contributed by atoms with Gasteiger partial charge >= 0.3 is 0 Å². The SMILES string of the molecule is CC(C)(C)CC(=O)N1CCC(C(=O)N2CCCCCC2)CC1. The fourth-order valence-corrected chi connectivity index (χ4v) is 3.49. The van der Waals surface area contributed by atoms with Crippen molar-refractivity contribution >= 4 is 11.8 Å². The monoisotopic (exact) mass is 308 g/mol. The highest BCUT2D eigenvalue weighted by Crippen LogP contribution is 2.25. The first-order valence-electron chi connectivity index (χ1n) is 8.93. The van der Waals surface area contributed by atoms with Gasteiger partial charge in [-0.15, -0.1) is 0 Å². The lowest BCUT2D eigenvalue weighted by Crippen LogP contribution is -2.45. The predicted octanol–water partition coefficient (Wildman–Crippen LogP) is 3.06. The third-order valence-electron chi connectivity index (χ3n) is 4.80. The van der Waals surface area contributed by atoms with Crippen molar-refractivity contribution in [1.82, 2.24) is 9.80 Å². The largest absolute Gasteiger partial charge is 0.343 e. The van der Waals surface area contributed by atoms with E-state index in [1.54, 1.807) is 0 Å². The molecule has 0 saturated carbocycles. The summed E-state index contributed by atoms with van der Waals surface area (Å²) in [5.74, 6) is 0.717. The molecule has 0 atom stereocenters. The number of rotatable bonds is 2. The van der Waals surface area contributed by atoms with Gasteiger partial charge in [-0.3, -0.25) is 9.59 Å². The minimum atomic E-state index is 0.0375. The summed E-state index contributed by atoms with van der Waals surface area (Å²) in [6.45, 7) is 9.66. The summed E-state index contributed by atoms with van der Waals surface area (Å²) >= 11 is 0. The molecule has 2 aliphatic rings. The number of carbonyl (C=O) groups excluding carboxylic acids is 2. The fourth-order valence-electron chi connectivity index (χ4n) is 3.49. The van der Waals surface area contributed by atoms with Crippen LogP contribution < -0.4 is 0 Å². The Bertz CT molecular complexity index is 384. The van der Waals surface area contributed by atoms with E-state index in [0.29, 0.717) is 12.3 Å². The second-order valence-electron chi connectivity index (χ2n) is 8.13. The molecule has 0 aromatic rings. The molecular formula is C18H32N2O2. The third-order valence-corrected chi connectivity index (χ3v) is 4.80. The predicted molar refractivity (Wildman–Crippen MR) is 88.4 cm³/mol. The standard InChI is InChI=1S/C18H32N2O2/c1-18(2,3)14-16(21)19-12-8-15(9-13-19)17(22)20-10-6-4-5-7-11-20/h15H,4-14H2,1-3H3. The van der Waals surface area contributed by atoms with Crippen LogP contribution in [0.1, 0.15) is 65.7 Å². The van der Waals surface area contributed by atoms with Crippen LogP contribution in [0, 0.1) is 11.3 Å². The number of amides is 2. The minimum absolute atomic E-state index is 0.0375. The highest BCUT2D eigenvalue weighted by Gasteiger charge is 2.31. The first-order chi connectivity index (χ1) is 10.4. The fraction of sp³-hybridized carbons (Fsp3) is 0.889. The number of carbonyl (C=O) groups is 2. The molecule has 2 amide bonds. The number of hydrogen-bond donors (Lipinski definition) is 0. The summed E-state index contributed by atoms with van der Waals surface area (Å²) in [5, 5.41) is 0. The Kier molecular flexibility index (Phi) is 5.87. The zero-order chi connectivity index (χ0) is 16.2. The van der Waals surface area contributed by atoms with Gasteiger partial charge in [-0.2, -0.15) is 0 Å². The second-order valence-corrected chi connectivity index (χ2v) is 8.13. The van der Waals surface area contributed by atoms with Crippen LogP contribution in [0.4, 0.5) is 0 Å². The lowest BCUT2D eigenvalue weighted by Gasteiger charge is -2.35. The van der Waals surface area contributed by atoms with Crippen LogP contribution in [-0.4, -0.2) is 47.8 Å². The van der Waals surface area contributed by atoms with Crippen molar-refractivity contribution in [2.45, 2.75) is 65.7 Å². The molecule has 0 aliphatic carbocycles. The molecule has 0 spiro atoms. The van der Waals surface area contributed by atoms with E-state index >= 15 is 0 Å². The van der Waals surface area contributed by atoms with Crippen molar-refractivity contribution in [1.29, 1.82) is 0 Å². The van der Waals surface area contributed by atoms with Crippen molar-refractivity contribution in [2.24, 2.45) is 11.3 Å². The maximum atomic E-state index is 12.6. The van der Waals surface area contributed by atoms with Crippen molar-refractivity contribution in [2.75, 3.05) is 26.2 Å². The van der Waals surface area contributed by atoms with Crippen molar-refractivity contribution < 1.29 is 9.59 Å². The lowest BCUT2D eigenvalue weighted by atomic mass is 9.90. The topological polar surface area (TPSA) is 40.6 Å². The van der Waals surface area contributed by atoms with Crippen LogP contribution in [-0.2, 0) is 9.59 Å². The number of nitrogens with zero attached hydrogens (tertiary/aromatic N) is 2. The molecule has 0 bridgehead atoms. The second kappa shape index (κ2) is 7.47. The van der Waals surface area contributed by atoms with Gasteiger partial charge in [0, 0.05) is 38.5 Å². The average molecular weight is 308 g/mol. The minimum Gasteiger partial charge on any atom is -0.343 e. The number of likely N-dealkylation sites (tertiary alicyclic amines) is 2. The molecule has 2 heterocycles. The summed E-state index contributed by atoms with van der Waals surface area (Å²) in [6, 6.07) is 0. The van der Waals surface area contributed by atoms with E-state index in [2.05, 4.69) is 25.7 Å². The molecule has 2 rings (SSSR count). The van der Waals surface area contributed by atoms with Gasteiger partial charge in [-0.25, -0.2) is 0 Å². The Morgan fingerprint density at radius 3 is 1.91 bits per heavy atom. The van der Waals surface area contributed by atoms with E-state index < -0.39 is 0 Å². The van der Waals surface area contributed by atoms with Crippen LogP contribution in [0.3, 0.4) is 0 Å². The van der Waals surface area contributed by atoms with Gasteiger partial charge in [0.05, 0.1) is 0 Å². The molecule has 0 aromatic heterocycles. The zero-order valence-corrected chi connectivity index (χ0v) is 14.6. The van der Waals surface area contributed by atoms with Crippen LogP contribution >= 0.6 is 0 Å². The molecule has 2 fully saturated rings. The van der Waals surface area contributed by atoms with E-state index in [0.717, 1.165) is 51.9 Å². The summed E-state index contributed by atoms with van der Waals surface area (Å²) in [7, 11) is 0. The molecule has 4 heteroatoms. The van der Waals surface area contributed by atoms with Crippen LogP contribution in [0.5, 0.6) is 0 Å². The van der Waals surface area contributed by atoms with Gasteiger partial charge in [0.1, 0.15) is 0 Å². The summed E-state index contributed by atoms with van der Waals surface area (Å²) in [5.41, 5.74) is 0.0375. The van der Waals surface area contributed by atoms with Gasteiger partial charge in [-0.05, 0) is 31.1 Å². The van der Waals surface area contributed by atoms with Crippen molar-refractivity contribution in [3.8, 4) is 0 Å². The van der Waals surface area contributed by atoms with Crippen molar-refractivity contribution in [3.63, 3.8) is 0 Å². The Hall–Kier alpha value is -1.06. The van der Waals surface area contributed by atoms with Gasteiger partial charge in [-0.1, -0.05) is 33.6 Å². The molecule has 0 aromatic carbocycles. The summed E-state index contributed by atoms with van der Waals surface area (Å²) in [6.07, 6.45) is 7.07. The zero-order valence-electron chi connectivity index (χ0n) is 14.6. The van der Waals surface area contributed by atoms with Crippen molar-refractivity contribution in [3.05, 3.63) is 0 Å². The van der Waals surface area contributed by atoms with E-state index in [1.165, 1.54) is 12.8 Å². The molecular weight excluding hydrogens is 276 g/mol. The van der Waals surface area contributed by atoms with Crippen LogP contribution in [0.2, 0.25) is 0 Å². The molecule has 2 aliphatic heterocycles. The van der Waals surface area contributed by atoms with E-state index in [4.69, 9.17) is 0 Å².